The highest BCUT2D eigenvalue weighted by molar-refractivity contribution is 5.95. The third-order valence-corrected chi connectivity index (χ3v) is 4.20. The molecule has 1 aliphatic rings. The Morgan fingerprint density at radius 2 is 1.93 bits per heavy atom. The molecule has 2 amide bonds. The second kappa shape index (κ2) is 8.56. The number of amides is 2. The molecule has 0 bridgehead atoms. The number of nitrogens with zero attached hydrogens (tertiary/aromatic N) is 2. The summed E-state index contributed by atoms with van der Waals surface area (Å²) in [7, 11) is 1.29. The highest BCUT2D eigenvalue weighted by Gasteiger charge is 2.31. The fraction of sp³-hybridized carbons (Fsp3) is 0.368. The summed E-state index contributed by atoms with van der Waals surface area (Å²) in [5.74, 6) is -1.03. The quantitative estimate of drug-likeness (QED) is 0.709. The van der Waals surface area contributed by atoms with Gasteiger partial charge in [0.15, 0.2) is 0 Å². The topological polar surface area (TPSA) is 102 Å². The lowest BCUT2D eigenvalue weighted by atomic mass is 10.2. The summed E-state index contributed by atoms with van der Waals surface area (Å²) < 4.78 is 46.0. The summed E-state index contributed by atoms with van der Waals surface area (Å²) in [6.07, 6.45) is -3.18. The van der Waals surface area contributed by atoms with Crippen LogP contribution in [0.2, 0.25) is 0 Å². The van der Waals surface area contributed by atoms with E-state index >= 15 is 0 Å². The van der Waals surface area contributed by atoms with E-state index in [2.05, 4.69) is 25.3 Å². The first-order valence-electron chi connectivity index (χ1n) is 9.02. The van der Waals surface area contributed by atoms with E-state index in [4.69, 9.17) is 4.74 Å². The average molecular weight is 424 g/mol. The van der Waals surface area contributed by atoms with Gasteiger partial charge in [-0.3, -0.25) is 14.9 Å². The van der Waals surface area contributed by atoms with Gasteiger partial charge in [-0.2, -0.15) is 0 Å². The zero-order chi connectivity index (χ0) is 21.9. The second-order valence-corrected chi connectivity index (χ2v) is 6.69. The number of ether oxygens (including phenoxy) is 2. The maximum absolute atomic E-state index is 12.5. The Hall–Kier alpha value is -3.37. The molecule has 0 aliphatic heterocycles. The van der Waals surface area contributed by atoms with Gasteiger partial charge < -0.3 is 14.8 Å². The molecule has 2 N–H and O–H groups in total. The Bertz CT molecular complexity index is 961. The van der Waals surface area contributed by atoms with E-state index in [-0.39, 0.29) is 35.8 Å². The molecule has 1 aromatic heterocycles. The van der Waals surface area contributed by atoms with E-state index in [1.807, 2.05) is 0 Å². The molecule has 0 saturated heterocycles. The smallest absolute Gasteiger partial charge is 0.496 e. The minimum atomic E-state index is -4.82. The van der Waals surface area contributed by atoms with Crippen LogP contribution in [0.5, 0.6) is 11.5 Å². The van der Waals surface area contributed by atoms with Crippen molar-refractivity contribution in [3.8, 4) is 11.5 Å². The van der Waals surface area contributed by atoms with Crippen LogP contribution >= 0.6 is 0 Å². The van der Waals surface area contributed by atoms with E-state index in [1.54, 1.807) is 6.92 Å². The molecule has 8 nitrogen and oxygen atoms in total. The molecule has 30 heavy (non-hydrogen) atoms. The van der Waals surface area contributed by atoms with Crippen LogP contribution in [0.4, 0.5) is 19.1 Å². The van der Waals surface area contributed by atoms with Gasteiger partial charge >= 0.3 is 6.36 Å². The molecule has 0 spiro atoms. The normalized spacial score (nSPS) is 13.5. The number of rotatable bonds is 7. The number of anilines is 1. The van der Waals surface area contributed by atoms with Crippen LogP contribution in [-0.4, -0.2) is 35.3 Å². The Balaban J connectivity index is 1.67. The van der Waals surface area contributed by atoms with Gasteiger partial charge in [0.25, 0.3) is 5.91 Å². The molecule has 1 aliphatic carbocycles. The first-order chi connectivity index (χ1) is 14.1. The lowest BCUT2D eigenvalue weighted by molar-refractivity contribution is -0.274. The predicted molar refractivity (Wildman–Crippen MR) is 99.0 cm³/mol. The molecular weight excluding hydrogens is 405 g/mol. The van der Waals surface area contributed by atoms with Crippen molar-refractivity contribution in [2.24, 2.45) is 5.92 Å². The number of alkyl halides is 3. The number of hydrogen-bond donors (Lipinski definition) is 2. The van der Waals surface area contributed by atoms with Crippen LogP contribution in [0.15, 0.2) is 24.3 Å². The highest BCUT2D eigenvalue weighted by atomic mass is 19.4. The van der Waals surface area contributed by atoms with Crippen LogP contribution in [0.3, 0.4) is 0 Å². The fourth-order valence-electron chi connectivity index (χ4n) is 2.63. The Morgan fingerprint density at radius 1 is 1.20 bits per heavy atom. The number of carbonyl (C=O) groups excluding carboxylic acids is 2. The van der Waals surface area contributed by atoms with Gasteiger partial charge in [0.1, 0.15) is 17.2 Å². The van der Waals surface area contributed by atoms with Gasteiger partial charge in [-0.15, -0.1) is 13.2 Å². The van der Waals surface area contributed by atoms with Crippen molar-refractivity contribution in [1.82, 2.24) is 15.3 Å². The monoisotopic (exact) mass is 424 g/mol. The van der Waals surface area contributed by atoms with E-state index in [9.17, 15) is 22.8 Å². The van der Waals surface area contributed by atoms with E-state index < -0.39 is 18.0 Å². The SMILES string of the molecule is COc1cc(OC(F)(F)F)ccc1CNC(=O)c1cc(C)nc(NC(=O)C2CC2)n1. The lowest BCUT2D eigenvalue weighted by Crippen LogP contribution is -2.25. The molecule has 0 radical (unpaired) electrons. The minimum absolute atomic E-state index is 0.0267. The average Bonchev–Trinajstić information content (AvgIpc) is 3.50. The summed E-state index contributed by atoms with van der Waals surface area (Å²) in [4.78, 5) is 32.5. The molecule has 11 heteroatoms. The summed E-state index contributed by atoms with van der Waals surface area (Å²) in [5.41, 5.74) is 0.977. The molecule has 0 atom stereocenters. The molecule has 2 aromatic rings. The number of aromatic nitrogens is 2. The first kappa shape index (κ1) is 21.3. The predicted octanol–water partition coefficient (Wildman–Crippen LogP) is 2.97. The second-order valence-electron chi connectivity index (χ2n) is 6.69. The molecule has 1 fully saturated rings. The summed E-state index contributed by atoms with van der Waals surface area (Å²) in [6.45, 7) is 1.63. The third kappa shape index (κ3) is 5.82. The zero-order valence-corrected chi connectivity index (χ0v) is 16.2. The minimum Gasteiger partial charge on any atom is -0.496 e. The lowest BCUT2D eigenvalue weighted by Gasteiger charge is -2.13. The molecular formula is C19H19F3N4O4. The van der Waals surface area contributed by atoms with Gasteiger partial charge in [-0.1, -0.05) is 0 Å². The molecule has 1 saturated carbocycles. The van der Waals surface area contributed by atoms with Crippen molar-refractivity contribution in [3.05, 3.63) is 41.2 Å². The van der Waals surface area contributed by atoms with Crippen LogP contribution in [0, 0.1) is 12.8 Å². The number of nitrogens with one attached hydrogen (secondary N) is 2. The molecule has 1 heterocycles. The van der Waals surface area contributed by atoms with Gasteiger partial charge in [-0.25, -0.2) is 9.97 Å². The van der Waals surface area contributed by atoms with Crippen molar-refractivity contribution >= 4 is 17.8 Å². The van der Waals surface area contributed by atoms with Crippen LogP contribution in [-0.2, 0) is 11.3 Å². The Labute approximate surface area is 169 Å². The fourth-order valence-corrected chi connectivity index (χ4v) is 2.63. The Morgan fingerprint density at radius 3 is 2.57 bits per heavy atom. The molecule has 0 unspecified atom stereocenters. The van der Waals surface area contributed by atoms with Gasteiger partial charge in [-0.05, 0) is 38.0 Å². The van der Waals surface area contributed by atoms with Gasteiger partial charge in [0.2, 0.25) is 11.9 Å². The zero-order valence-electron chi connectivity index (χ0n) is 16.2. The highest BCUT2D eigenvalue weighted by Crippen LogP contribution is 2.30. The maximum atomic E-state index is 12.5. The van der Waals surface area contributed by atoms with Crippen LogP contribution in [0.25, 0.3) is 0 Å². The molecule has 1 aromatic carbocycles. The van der Waals surface area contributed by atoms with E-state index in [0.29, 0.717) is 11.3 Å². The number of carbonyl (C=O) groups is 2. The van der Waals surface area contributed by atoms with E-state index in [1.165, 1.54) is 19.2 Å². The number of hydrogen-bond acceptors (Lipinski definition) is 6. The summed E-state index contributed by atoms with van der Waals surface area (Å²) in [6, 6.07) is 5.01. The number of aryl methyl sites for hydroxylation is 1. The molecule has 3 rings (SSSR count). The van der Waals surface area contributed by atoms with Crippen molar-refractivity contribution < 1.29 is 32.2 Å². The van der Waals surface area contributed by atoms with Crippen molar-refractivity contribution in [2.45, 2.75) is 32.7 Å². The summed E-state index contributed by atoms with van der Waals surface area (Å²) >= 11 is 0. The number of benzene rings is 1. The third-order valence-electron chi connectivity index (χ3n) is 4.20. The van der Waals surface area contributed by atoms with Gasteiger partial charge in [0.05, 0.1) is 7.11 Å². The largest absolute Gasteiger partial charge is 0.573 e. The summed E-state index contributed by atoms with van der Waals surface area (Å²) in [5, 5.41) is 5.21. The standard InChI is InChI=1S/C19H19F3N4O4/c1-10-7-14(25-18(24-10)26-16(27)11-3-4-11)17(28)23-9-12-5-6-13(8-15(12)29-2)30-19(20,21)22/h5-8,11H,3-4,9H2,1-2H3,(H,23,28)(H,24,25,26,27). The van der Waals surface area contributed by atoms with E-state index in [0.717, 1.165) is 25.0 Å². The Kier molecular flexibility index (Phi) is 6.09. The van der Waals surface area contributed by atoms with Crippen molar-refractivity contribution in [3.63, 3.8) is 0 Å². The number of methoxy groups -OCH3 is 1. The van der Waals surface area contributed by atoms with Crippen LogP contribution in [0.1, 0.15) is 34.6 Å². The number of halogens is 3. The van der Waals surface area contributed by atoms with Crippen LogP contribution < -0.4 is 20.1 Å². The maximum Gasteiger partial charge on any atom is 0.573 e. The van der Waals surface area contributed by atoms with Crippen molar-refractivity contribution in [2.75, 3.05) is 12.4 Å². The first-order valence-corrected chi connectivity index (χ1v) is 9.02. The van der Waals surface area contributed by atoms with Gasteiger partial charge in [0, 0.05) is 29.8 Å². The molecule has 160 valence electrons. The van der Waals surface area contributed by atoms with Crippen molar-refractivity contribution in [1.29, 1.82) is 0 Å².